The molecule has 1 amide bonds. The predicted molar refractivity (Wildman–Crippen MR) is 67.6 cm³/mol. The van der Waals surface area contributed by atoms with E-state index >= 15 is 0 Å². The third-order valence-corrected chi connectivity index (χ3v) is 2.96. The van der Waals surface area contributed by atoms with Crippen LogP contribution in [0.2, 0.25) is 0 Å². The van der Waals surface area contributed by atoms with E-state index in [1.165, 1.54) is 11.0 Å². The van der Waals surface area contributed by atoms with E-state index in [0.717, 1.165) is 18.0 Å². The SMILES string of the molecule is C=CCN(CC(=O)O)C(=O)c1snnc1CCC. The zero-order valence-electron chi connectivity index (χ0n) is 10.1. The van der Waals surface area contributed by atoms with Crippen LogP contribution in [-0.4, -0.2) is 44.6 Å². The van der Waals surface area contributed by atoms with Gasteiger partial charge in [0.15, 0.2) is 0 Å². The van der Waals surface area contributed by atoms with E-state index in [2.05, 4.69) is 16.2 Å². The molecule has 0 aromatic carbocycles. The number of aryl methyl sites for hydroxylation is 1. The largest absolute Gasteiger partial charge is 0.480 e. The van der Waals surface area contributed by atoms with Crippen molar-refractivity contribution in [1.29, 1.82) is 0 Å². The summed E-state index contributed by atoms with van der Waals surface area (Å²) in [5, 5.41) is 12.7. The summed E-state index contributed by atoms with van der Waals surface area (Å²) in [5.41, 5.74) is 0.631. The lowest BCUT2D eigenvalue weighted by Crippen LogP contribution is -2.35. The van der Waals surface area contributed by atoms with Crippen LogP contribution in [0.25, 0.3) is 0 Å². The highest BCUT2D eigenvalue weighted by Gasteiger charge is 2.22. The third kappa shape index (κ3) is 3.63. The molecule has 1 N–H and O–H groups in total. The molecule has 0 spiro atoms. The van der Waals surface area contributed by atoms with E-state index in [4.69, 9.17) is 5.11 Å². The van der Waals surface area contributed by atoms with Gasteiger partial charge < -0.3 is 10.0 Å². The first-order valence-electron chi connectivity index (χ1n) is 5.53. The van der Waals surface area contributed by atoms with Gasteiger partial charge in [-0.05, 0) is 18.0 Å². The predicted octanol–water partition coefficient (Wildman–Crippen LogP) is 1.20. The Balaban J connectivity index is 2.90. The molecule has 0 fully saturated rings. The molecule has 0 saturated heterocycles. The number of carbonyl (C=O) groups is 2. The number of amides is 1. The normalized spacial score (nSPS) is 10.1. The zero-order valence-corrected chi connectivity index (χ0v) is 10.9. The molecule has 0 aliphatic rings. The lowest BCUT2D eigenvalue weighted by molar-refractivity contribution is -0.137. The third-order valence-electron chi connectivity index (χ3n) is 2.20. The molecule has 1 heterocycles. The molecule has 18 heavy (non-hydrogen) atoms. The summed E-state index contributed by atoms with van der Waals surface area (Å²) in [4.78, 5) is 24.5. The molecule has 7 heteroatoms. The van der Waals surface area contributed by atoms with E-state index in [9.17, 15) is 9.59 Å². The van der Waals surface area contributed by atoms with Crippen LogP contribution in [0.1, 0.15) is 28.7 Å². The molecule has 1 aromatic rings. The van der Waals surface area contributed by atoms with Crippen molar-refractivity contribution >= 4 is 23.4 Å². The quantitative estimate of drug-likeness (QED) is 0.752. The fraction of sp³-hybridized carbons (Fsp3) is 0.455. The maximum absolute atomic E-state index is 12.2. The van der Waals surface area contributed by atoms with Gasteiger partial charge in [-0.1, -0.05) is 23.9 Å². The number of hydrogen-bond acceptors (Lipinski definition) is 5. The second kappa shape index (κ2) is 6.85. The Morgan fingerprint density at radius 2 is 2.28 bits per heavy atom. The van der Waals surface area contributed by atoms with E-state index in [-0.39, 0.29) is 19.0 Å². The van der Waals surface area contributed by atoms with Crippen LogP contribution in [0.4, 0.5) is 0 Å². The number of nitrogens with zero attached hydrogens (tertiary/aromatic N) is 3. The monoisotopic (exact) mass is 269 g/mol. The molecule has 98 valence electrons. The Kier molecular flexibility index (Phi) is 5.44. The van der Waals surface area contributed by atoms with Gasteiger partial charge >= 0.3 is 5.97 Å². The highest BCUT2D eigenvalue weighted by molar-refractivity contribution is 7.08. The highest BCUT2D eigenvalue weighted by atomic mass is 32.1. The molecule has 0 bridgehead atoms. The van der Waals surface area contributed by atoms with Crippen LogP contribution in [0.3, 0.4) is 0 Å². The van der Waals surface area contributed by atoms with Crippen molar-refractivity contribution in [1.82, 2.24) is 14.5 Å². The second-order valence-electron chi connectivity index (χ2n) is 3.67. The molecule has 0 atom stereocenters. The van der Waals surface area contributed by atoms with Gasteiger partial charge in [0.05, 0.1) is 5.69 Å². The highest BCUT2D eigenvalue weighted by Crippen LogP contribution is 2.15. The number of aliphatic carboxylic acids is 1. The summed E-state index contributed by atoms with van der Waals surface area (Å²) in [6.45, 7) is 5.33. The fourth-order valence-corrected chi connectivity index (χ4v) is 2.13. The van der Waals surface area contributed by atoms with E-state index in [1.54, 1.807) is 0 Å². The molecular weight excluding hydrogens is 254 g/mol. The molecule has 0 radical (unpaired) electrons. The smallest absolute Gasteiger partial charge is 0.323 e. The number of carboxylic acids is 1. The molecular formula is C11H15N3O3S. The molecule has 6 nitrogen and oxygen atoms in total. The van der Waals surface area contributed by atoms with Gasteiger partial charge in [-0.3, -0.25) is 9.59 Å². The summed E-state index contributed by atoms with van der Waals surface area (Å²) in [6, 6.07) is 0. The Hall–Kier alpha value is -1.76. The van der Waals surface area contributed by atoms with Gasteiger partial charge in [0.2, 0.25) is 0 Å². The Morgan fingerprint density at radius 1 is 1.56 bits per heavy atom. The van der Waals surface area contributed by atoms with Crippen LogP contribution in [0, 0.1) is 0 Å². The molecule has 0 aliphatic heterocycles. The van der Waals surface area contributed by atoms with Crippen molar-refractivity contribution in [2.45, 2.75) is 19.8 Å². The maximum Gasteiger partial charge on any atom is 0.323 e. The van der Waals surface area contributed by atoms with Crippen LogP contribution in [0.15, 0.2) is 12.7 Å². The molecule has 0 unspecified atom stereocenters. The van der Waals surface area contributed by atoms with Crippen molar-refractivity contribution in [3.8, 4) is 0 Å². The first-order chi connectivity index (χ1) is 8.60. The number of aromatic nitrogens is 2. The molecule has 0 saturated carbocycles. The fourth-order valence-electron chi connectivity index (χ4n) is 1.45. The Morgan fingerprint density at radius 3 is 2.83 bits per heavy atom. The van der Waals surface area contributed by atoms with E-state index < -0.39 is 5.97 Å². The minimum absolute atomic E-state index is 0.189. The van der Waals surface area contributed by atoms with Crippen molar-refractivity contribution in [2.24, 2.45) is 0 Å². The van der Waals surface area contributed by atoms with Crippen LogP contribution in [-0.2, 0) is 11.2 Å². The summed E-state index contributed by atoms with van der Waals surface area (Å²) < 4.78 is 3.75. The topological polar surface area (TPSA) is 83.4 Å². The average molecular weight is 269 g/mol. The lowest BCUT2D eigenvalue weighted by atomic mass is 10.2. The minimum atomic E-state index is -1.06. The van der Waals surface area contributed by atoms with Gasteiger partial charge in [0, 0.05) is 6.54 Å². The van der Waals surface area contributed by atoms with E-state index in [1.807, 2.05) is 6.92 Å². The van der Waals surface area contributed by atoms with Crippen LogP contribution < -0.4 is 0 Å². The van der Waals surface area contributed by atoms with Crippen molar-refractivity contribution < 1.29 is 14.7 Å². The number of carboxylic acid groups (broad SMARTS) is 1. The summed E-state index contributed by atoms with van der Waals surface area (Å²) >= 11 is 0.999. The summed E-state index contributed by atoms with van der Waals surface area (Å²) in [5.74, 6) is -1.41. The number of hydrogen-bond donors (Lipinski definition) is 1. The maximum atomic E-state index is 12.2. The summed E-state index contributed by atoms with van der Waals surface area (Å²) in [6.07, 6.45) is 3.01. The number of rotatable bonds is 7. The Bertz CT molecular complexity index is 444. The second-order valence-corrected chi connectivity index (χ2v) is 4.42. The average Bonchev–Trinajstić information content (AvgIpc) is 2.76. The van der Waals surface area contributed by atoms with Crippen LogP contribution in [0.5, 0.6) is 0 Å². The van der Waals surface area contributed by atoms with Gasteiger partial charge in [0.1, 0.15) is 11.4 Å². The molecule has 1 aromatic heterocycles. The standard InChI is InChI=1S/C11H15N3O3S/c1-3-5-8-10(18-13-12-8)11(17)14(6-4-2)7-9(15)16/h4H,2-3,5-7H2,1H3,(H,15,16). The lowest BCUT2D eigenvalue weighted by Gasteiger charge is -2.17. The molecule has 0 aliphatic carbocycles. The molecule has 1 rings (SSSR count). The van der Waals surface area contributed by atoms with Crippen molar-refractivity contribution in [3.05, 3.63) is 23.2 Å². The van der Waals surface area contributed by atoms with Gasteiger partial charge in [-0.15, -0.1) is 11.7 Å². The zero-order chi connectivity index (χ0) is 13.5. The first-order valence-corrected chi connectivity index (χ1v) is 6.30. The van der Waals surface area contributed by atoms with Gasteiger partial charge in [0.25, 0.3) is 5.91 Å². The van der Waals surface area contributed by atoms with Gasteiger partial charge in [-0.25, -0.2) is 0 Å². The van der Waals surface area contributed by atoms with Crippen LogP contribution >= 0.6 is 11.5 Å². The van der Waals surface area contributed by atoms with Crippen molar-refractivity contribution in [2.75, 3.05) is 13.1 Å². The minimum Gasteiger partial charge on any atom is -0.480 e. The Labute approximate surface area is 109 Å². The first kappa shape index (κ1) is 14.3. The number of carbonyl (C=O) groups excluding carboxylic acids is 1. The summed E-state index contributed by atoms with van der Waals surface area (Å²) in [7, 11) is 0. The van der Waals surface area contributed by atoms with E-state index in [0.29, 0.717) is 17.0 Å². The van der Waals surface area contributed by atoms with Crippen molar-refractivity contribution in [3.63, 3.8) is 0 Å². The van der Waals surface area contributed by atoms with Gasteiger partial charge in [-0.2, -0.15) is 0 Å².